The lowest BCUT2D eigenvalue weighted by Gasteiger charge is -2.39. The van der Waals surface area contributed by atoms with Crippen LogP contribution in [0.3, 0.4) is 0 Å². The minimum atomic E-state index is -1.07. The van der Waals surface area contributed by atoms with E-state index in [1.807, 2.05) is 30.3 Å². The fourth-order valence-corrected chi connectivity index (χ4v) is 3.78. The number of methoxy groups -OCH3 is 1. The van der Waals surface area contributed by atoms with Gasteiger partial charge in [-0.25, -0.2) is 0 Å². The number of carbonyl (C=O) groups is 2. The maximum absolute atomic E-state index is 11.8. The molecule has 5 heteroatoms. The molecule has 0 fully saturated rings. The quantitative estimate of drug-likeness (QED) is 0.898. The smallest absolute Gasteiger partial charge is 0.309 e. The minimum absolute atomic E-state index is 0.189. The Bertz CT molecular complexity index is 826. The Morgan fingerprint density at radius 3 is 2.58 bits per heavy atom. The van der Waals surface area contributed by atoms with Crippen LogP contribution < -0.4 is 4.74 Å². The lowest BCUT2D eigenvalue weighted by Crippen LogP contribution is -2.39. The Morgan fingerprint density at radius 2 is 1.96 bits per heavy atom. The van der Waals surface area contributed by atoms with Crippen molar-refractivity contribution in [3.8, 4) is 5.75 Å². The Morgan fingerprint density at radius 1 is 1.25 bits per heavy atom. The van der Waals surface area contributed by atoms with E-state index in [9.17, 15) is 19.8 Å². The third-order valence-electron chi connectivity index (χ3n) is 5.28. The van der Waals surface area contributed by atoms with E-state index >= 15 is 0 Å². The molecular formula is C19H20O5. The molecule has 126 valence electrons. The van der Waals surface area contributed by atoms with E-state index in [0.717, 1.165) is 27.6 Å². The van der Waals surface area contributed by atoms with E-state index in [-0.39, 0.29) is 6.42 Å². The van der Waals surface area contributed by atoms with Gasteiger partial charge in [-0.1, -0.05) is 18.2 Å². The second-order valence-electron chi connectivity index (χ2n) is 6.59. The lowest BCUT2D eigenvalue weighted by atomic mass is 9.63. The van der Waals surface area contributed by atoms with Gasteiger partial charge in [0.2, 0.25) is 0 Å². The molecule has 0 unspecified atom stereocenters. The van der Waals surface area contributed by atoms with Gasteiger partial charge in [0.15, 0.2) is 0 Å². The van der Waals surface area contributed by atoms with Crippen LogP contribution in [0.4, 0.5) is 0 Å². The van der Waals surface area contributed by atoms with Crippen molar-refractivity contribution in [2.45, 2.75) is 32.1 Å². The summed E-state index contributed by atoms with van der Waals surface area (Å²) in [5.41, 5.74) is 0.795. The number of aryl methyl sites for hydroxylation is 1. The van der Waals surface area contributed by atoms with Crippen LogP contribution in [0, 0.1) is 5.41 Å². The van der Waals surface area contributed by atoms with Crippen molar-refractivity contribution in [1.29, 1.82) is 0 Å². The molecule has 2 atom stereocenters. The van der Waals surface area contributed by atoms with Crippen molar-refractivity contribution in [2.75, 3.05) is 7.11 Å². The Hall–Kier alpha value is -2.56. The van der Waals surface area contributed by atoms with E-state index < -0.39 is 23.3 Å². The fourth-order valence-electron chi connectivity index (χ4n) is 3.78. The number of carboxylic acid groups (broad SMARTS) is 2. The topological polar surface area (TPSA) is 83.8 Å². The standard InChI is InChI=1S/C19H20O5/c1-19(18(22)23)8-7-13-14(16(19)10-17(20)21)6-4-11-3-5-12(24-2)9-15(11)13/h3-6,9,16H,7-8,10H2,1-2H3,(H,20,21)(H,22,23)/t16-,19+/m1/s1. The summed E-state index contributed by atoms with van der Waals surface area (Å²) in [4.78, 5) is 23.2. The number of hydrogen-bond acceptors (Lipinski definition) is 3. The monoisotopic (exact) mass is 328 g/mol. The maximum Gasteiger partial charge on any atom is 0.309 e. The molecule has 0 aliphatic heterocycles. The average Bonchev–Trinajstić information content (AvgIpc) is 2.56. The SMILES string of the molecule is COc1ccc2ccc3c(c2c1)CC[C@](C)(C(=O)O)[C@@H]3CC(=O)O. The van der Waals surface area contributed by atoms with Crippen molar-refractivity contribution in [1.82, 2.24) is 0 Å². The summed E-state index contributed by atoms with van der Waals surface area (Å²) < 4.78 is 5.30. The molecule has 3 rings (SSSR count). The molecule has 0 bridgehead atoms. The molecule has 0 aromatic heterocycles. The van der Waals surface area contributed by atoms with Crippen LogP contribution in [0.2, 0.25) is 0 Å². The molecule has 2 aromatic carbocycles. The number of ether oxygens (including phenoxy) is 1. The molecule has 2 N–H and O–H groups in total. The summed E-state index contributed by atoms with van der Waals surface area (Å²) in [5, 5.41) is 21.0. The normalized spacial score (nSPS) is 22.8. The van der Waals surface area contributed by atoms with Gasteiger partial charge in [0.25, 0.3) is 0 Å². The predicted molar refractivity (Wildman–Crippen MR) is 89.6 cm³/mol. The van der Waals surface area contributed by atoms with Crippen molar-refractivity contribution >= 4 is 22.7 Å². The number of carboxylic acids is 2. The molecule has 1 aliphatic rings. The molecule has 5 nitrogen and oxygen atoms in total. The Labute approximate surface area is 139 Å². The minimum Gasteiger partial charge on any atom is -0.497 e. The zero-order chi connectivity index (χ0) is 17.5. The van der Waals surface area contributed by atoms with Gasteiger partial charge in [0.05, 0.1) is 18.9 Å². The molecule has 1 aliphatic carbocycles. The molecule has 0 heterocycles. The van der Waals surface area contributed by atoms with Gasteiger partial charge < -0.3 is 14.9 Å². The Kier molecular flexibility index (Phi) is 3.95. The van der Waals surface area contributed by atoms with E-state index in [4.69, 9.17) is 4.74 Å². The first-order valence-corrected chi connectivity index (χ1v) is 7.91. The first-order valence-electron chi connectivity index (χ1n) is 7.91. The first-order chi connectivity index (χ1) is 11.4. The molecule has 0 saturated heterocycles. The second-order valence-corrected chi connectivity index (χ2v) is 6.59. The maximum atomic E-state index is 11.8. The van der Waals surface area contributed by atoms with Crippen LogP contribution >= 0.6 is 0 Å². The number of fused-ring (bicyclic) bond motifs is 3. The molecule has 0 amide bonds. The summed E-state index contributed by atoms with van der Waals surface area (Å²) in [5.74, 6) is -1.74. The van der Waals surface area contributed by atoms with Crippen molar-refractivity contribution in [3.63, 3.8) is 0 Å². The highest BCUT2D eigenvalue weighted by molar-refractivity contribution is 5.90. The summed E-state index contributed by atoms with van der Waals surface area (Å²) in [6, 6.07) is 9.60. The lowest BCUT2D eigenvalue weighted by molar-refractivity contribution is -0.151. The highest BCUT2D eigenvalue weighted by atomic mass is 16.5. The van der Waals surface area contributed by atoms with Crippen LogP contribution in [0.15, 0.2) is 30.3 Å². The van der Waals surface area contributed by atoms with Gasteiger partial charge in [0, 0.05) is 5.92 Å². The number of aliphatic carboxylic acids is 2. The summed E-state index contributed by atoms with van der Waals surface area (Å²) in [6.07, 6.45) is 0.841. The predicted octanol–water partition coefficient (Wildman–Crippen LogP) is 3.44. The largest absolute Gasteiger partial charge is 0.497 e. The van der Waals surface area contributed by atoms with Gasteiger partial charge in [0.1, 0.15) is 5.75 Å². The van der Waals surface area contributed by atoms with Crippen molar-refractivity contribution < 1.29 is 24.5 Å². The van der Waals surface area contributed by atoms with Crippen LogP contribution in [-0.2, 0) is 16.0 Å². The van der Waals surface area contributed by atoms with Gasteiger partial charge in [-0.3, -0.25) is 9.59 Å². The summed E-state index contributed by atoms with van der Waals surface area (Å²) in [7, 11) is 1.60. The molecular weight excluding hydrogens is 308 g/mol. The van der Waals surface area contributed by atoms with E-state index in [1.165, 1.54) is 0 Å². The average molecular weight is 328 g/mol. The van der Waals surface area contributed by atoms with Gasteiger partial charge in [-0.05, 0) is 53.8 Å². The third kappa shape index (κ3) is 2.50. The molecule has 24 heavy (non-hydrogen) atoms. The van der Waals surface area contributed by atoms with E-state index in [2.05, 4.69) is 0 Å². The van der Waals surface area contributed by atoms with Crippen LogP contribution in [0.5, 0.6) is 5.75 Å². The zero-order valence-corrected chi connectivity index (χ0v) is 13.7. The molecule has 0 radical (unpaired) electrons. The summed E-state index contributed by atoms with van der Waals surface area (Å²) in [6.45, 7) is 1.65. The number of rotatable bonds is 4. The highest BCUT2D eigenvalue weighted by Crippen LogP contribution is 2.49. The van der Waals surface area contributed by atoms with Crippen LogP contribution in [0.25, 0.3) is 10.8 Å². The number of benzene rings is 2. The molecule has 0 saturated carbocycles. The fraction of sp³-hybridized carbons (Fsp3) is 0.368. The van der Waals surface area contributed by atoms with Crippen LogP contribution in [-0.4, -0.2) is 29.3 Å². The van der Waals surface area contributed by atoms with Gasteiger partial charge in [-0.15, -0.1) is 0 Å². The first kappa shape index (κ1) is 16.3. The van der Waals surface area contributed by atoms with Gasteiger partial charge in [-0.2, -0.15) is 0 Å². The van der Waals surface area contributed by atoms with E-state index in [1.54, 1.807) is 14.0 Å². The highest BCUT2D eigenvalue weighted by Gasteiger charge is 2.46. The van der Waals surface area contributed by atoms with Crippen molar-refractivity contribution in [2.24, 2.45) is 5.41 Å². The number of hydrogen-bond donors (Lipinski definition) is 2. The van der Waals surface area contributed by atoms with Crippen LogP contribution in [0.1, 0.15) is 36.8 Å². The van der Waals surface area contributed by atoms with E-state index in [0.29, 0.717) is 12.8 Å². The zero-order valence-electron chi connectivity index (χ0n) is 13.7. The second kappa shape index (κ2) is 5.82. The Balaban J connectivity index is 2.22. The third-order valence-corrected chi connectivity index (χ3v) is 5.28. The summed E-state index contributed by atoms with van der Waals surface area (Å²) >= 11 is 0. The molecule has 2 aromatic rings. The van der Waals surface area contributed by atoms with Gasteiger partial charge >= 0.3 is 11.9 Å². The van der Waals surface area contributed by atoms with Crippen molar-refractivity contribution in [3.05, 3.63) is 41.5 Å². The molecule has 0 spiro atoms.